The van der Waals surface area contributed by atoms with Gasteiger partial charge in [-0.25, -0.2) is 0 Å². The average Bonchev–Trinajstić information content (AvgIpc) is 2.41. The van der Waals surface area contributed by atoms with Gasteiger partial charge in [-0.15, -0.1) is 0 Å². The lowest BCUT2D eigenvalue weighted by atomic mass is 10.1. The van der Waals surface area contributed by atoms with Crippen LogP contribution < -0.4 is 19.3 Å². The lowest BCUT2D eigenvalue weighted by molar-refractivity contribution is -0.117. The van der Waals surface area contributed by atoms with Crippen molar-refractivity contribution in [2.45, 2.75) is 6.92 Å². The van der Waals surface area contributed by atoms with Crippen molar-refractivity contribution < 1.29 is 14.3 Å². The van der Waals surface area contributed by atoms with Gasteiger partial charge >= 0.3 is 0 Å². The molecule has 0 aliphatic carbocycles. The molecule has 0 saturated heterocycles. The summed E-state index contributed by atoms with van der Waals surface area (Å²) < 4.78 is 10.6. The van der Waals surface area contributed by atoms with Crippen molar-refractivity contribution in [1.29, 1.82) is 0 Å². The Kier molecular flexibility index (Phi) is 3.32. The molecule has 2 rings (SSSR count). The molecule has 1 aliphatic rings. The first-order valence-electron chi connectivity index (χ1n) is 5.89. The number of rotatable bonds is 3. The molecule has 0 saturated carbocycles. The molecule has 0 spiro atoms. The first kappa shape index (κ1) is 12.5. The van der Waals surface area contributed by atoms with E-state index in [9.17, 15) is 4.79 Å². The maximum absolute atomic E-state index is 11.9. The van der Waals surface area contributed by atoms with E-state index >= 15 is 0 Å². The molecule has 0 unspecified atom stereocenters. The summed E-state index contributed by atoms with van der Waals surface area (Å²) in [5, 5.41) is 0. The van der Waals surface area contributed by atoms with Crippen molar-refractivity contribution in [1.82, 2.24) is 0 Å². The van der Waals surface area contributed by atoms with Gasteiger partial charge in [-0.3, -0.25) is 4.79 Å². The van der Waals surface area contributed by atoms with Gasteiger partial charge in [-0.1, -0.05) is 0 Å². The van der Waals surface area contributed by atoms with Gasteiger partial charge < -0.3 is 19.3 Å². The van der Waals surface area contributed by atoms with Crippen molar-refractivity contribution >= 4 is 17.3 Å². The van der Waals surface area contributed by atoms with E-state index in [0.29, 0.717) is 18.0 Å². The third kappa shape index (κ3) is 1.85. The Bertz CT molecular complexity index is 474. The van der Waals surface area contributed by atoms with E-state index in [1.165, 1.54) is 0 Å². The van der Waals surface area contributed by atoms with Gasteiger partial charge in [0.15, 0.2) is 11.5 Å². The highest BCUT2D eigenvalue weighted by atomic mass is 16.5. The summed E-state index contributed by atoms with van der Waals surface area (Å²) in [6, 6.07) is 3.76. The van der Waals surface area contributed by atoms with Gasteiger partial charge in [0, 0.05) is 25.7 Å². The zero-order valence-electron chi connectivity index (χ0n) is 11.2. The van der Waals surface area contributed by atoms with Crippen LogP contribution in [-0.2, 0) is 4.79 Å². The van der Waals surface area contributed by atoms with Gasteiger partial charge in [-0.2, -0.15) is 0 Å². The van der Waals surface area contributed by atoms with Crippen LogP contribution in [0.4, 0.5) is 11.4 Å². The van der Waals surface area contributed by atoms with Crippen molar-refractivity contribution in [2.75, 3.05) is 44.2 Å². The Balaban J connectivity index is 2.58. The summed E-state index contributed by atoms with van der Waals surface area (Å²) >= 11 is 0. The summed E-state index contributed by atoms with van der Waals surface area (Å²) in [4.78, 5) is 15.6. The molecule has 18 heavy (non-hydrogen) atoms. The summed E-state index contributed by atoms with van der Waals surface area (Å²) in [7, 11) is 4.98. The SMILES string of the molecule is CCN1CC(=O)N(C)c2cc(OC)c(OC)cc21. The minimum atomic E-state index is 0.0802. The van der Waals surface area contributed by atoms with E-state index in [1.807, 2.05) is 24.0 Å². The number of amides is 1. The third-order valence-electron chi connectivity index (χ3n) is 3.26. The van der Waals surface area contributed by atoms with E-state index in [1.54, 1.807) is 26.2 Å². The largest absolute Gasteiger partial charge is 0.493 e. The number of carbonyl (C=O) groups excluding carboxylic acids is 1. The number of ether oxygens (including phenoxy) is 2. The lowest BCUT2D eigenvalue weighted by Crippen LogP contribution is -2.43. The molecule has 0 N–H and O–H groups in total. The molecule has 0 bridgehead atoms. The minimum absolute atomic E-state index is 0.0802. The van der Waals surface area contributed by atoms with Crippen molar-refractivity contribution in [3.8, 4) is 11.5 Å². The fraction of sp³-hybridized carbons (Fsp3) is 0.462. The average molecular weight is 250 g/mol. The van der Waals surface area contributed by atoms with Crippen LogP contribution in [0.2, 0.25) is 0 Å². The highest BCUT2D eigenvalue weighted by Crippen LogP contribution is 2.41. The molecule has 0 aromatic heterocycles. The Morgan fingerprint density at radius 3 is 2.22 bits per heavy atom. The number of fused-ring (bicyclic) bond motifs is 1. The van der Waals surface area contributed by atoms with Crippen LogP contribution in [0.15, 0.2) is 12.1 Å². The van der Waals surface area contributed by atoms with Crippen LogP contribution in [0.3, 0.4) is 0 Å². The monoisotopic (exact) mass is 250 g/mol. The highest BCUT2D eigenvalue weighted by molar-refractivity contribution is 6.03. The highest BCUT2D eigenvalue weighted by Gasteiger charge is 2.27. The fourth-order valence-corrected chi connectivity index (χ4v) is 2.15. The summed E-state index contributed by atoms with van der Waals surface area (Å²) in [6.07, 6.45) is 0. The first-order valence-corrected chi connectivity index (χ1v) is 5.89. The predicted octanol–water partition coefficient (Wildman–Crippen LogP) is 1.51. The summed E-state index contributed by atoms with van der Waals surface area (Å²) in [5.41, 5.74) is 1.85. The summed E-state index contributed by atoms with van der Waals surface area (Å²) in [6.45, 7) is 3.20. The molecule has 98 valence electrons. The Hall–Kier alpha value is -1.91. The number of anilines is 2. The van der Waals surface area contributed by atoms with Crippen LogP contribution in [-0.4, -0.2) is 40.3 Å². The van der Waals surface area contributed by atoms with E-state index < -0.39 is 0 Å². The van der Waals surface area contributed by atoms with Crippen LogP contribution in [0, 0.1) is 0 Å². The zero-order valence-corrected chi connectivity index (χ0v) is 11.2. The lowest BCUT2D eigenvalue weighted by Gasteiger charge is -2.35. The van der Waals surface area contributed by atoms with Crippen molar-refractivity contribution in [3.05, 3.63) is 12.1 Å². The minimum Gasteiger partial charge on any atom is -0.493 e. The Labute approximate surface area is 107 Å². The zero-order chi connectivity index (χ0) is 13.3. The molecule has 0 radical (unpaired) electrons. The second-order valence-electron chi connectivity index (χ2n) is 4.16. The molecule has 0 fully saturated rings. The third-order valence-corrected chi connectivity index (χ3v) is 3.26. The molecular weight excluding hydrogens is 232 g/mol. The molecule has 0 atom stereocenters. The van der Waals surface area contributed by atoms with E-state index in [-0.39, 0.29) is 5.91 Å². The molecule has 5 nitrogen and oxygen atoms in total. The predicted molar refractivity (Wildman–Crippen MR) is 70.8 cm³/mol. The van der Waals surface area contributed by atoms with Gasteiger partial charge in [0.05, 0.1) is 32.1 Å². The second kappa shape index (κ2) is 4.76. The maximum Gasteiger partial charge on any atom is 0.246 e. The van der Waals surface area contributed by atoms with Crippen molar-refractivity contribution in [2.24, 2.45) is 0 Å². The number of likely N-dealkylation sites (N-methyl/N-ethyl adjacent to an activating group) is 2. The quantitative estimate of drug-likeness (QED) is 0.815. The molecule has 1 amide bonds. The molecular formula is C13H18N2O3. The molecule has 1 heterocycles. The summed E-state index contributed by atoms with van der Waals surface area (Å²) in [5.74, 6) is 1.39. The number of benzene rings is 1. The smallest absolute Gasteiger partial charge is 0.246 e. The number of nitrogens with zero attached hydrogens (tertiary/aromatic N) is 2. The van der Waals surface area contributed by atoms with E-state index in [0.717, 1.165) is 17.9 Å². The van der Waals surface area contributed by atoms with Crippen molar-refractivity contribution in [3.63, 3.8) is 0 Å². The van der Waals surface area contributed by atoms with Crippen LogP contribution >= 0.6 is 0 Å². The Morgan fingerprint density at radius 2 is 1.72 bits per heavy atom. The number of hydrogen-bond donors (Lipinski definition) is 0. The maximum atomic E-state index is 11.9. The number of hydrogen-bond acceptors (Lipinski definition) is 4. The molecule has 1 aromatic rings. The van der Waals surface area contributed by atoms with Gasteiger partial charge in [0.25, 0.3) is 0 Å². The fourth-order valence-electron chi connectivity index (χ4n) is 2.15. The topological polar surface area (TPSA) is 42.0 Å². The van der Waals surface area contributed by atoms with Gasteiger partial charge in [0.2, 0.25) is 5.91 Å². The van der Waals surface area contributed by atoms with Crippen LogP contribution in [0.1, 0.15) is 6.92 Å². The molecule has 5 heteroatoms. The number of carbonyl (C=O) groups is 1. The normalized spacial score (nSPS) is 14.6. The number of methoxy groups -OCH3 is 2. The van der Waals surface area contributed by atoms with Crippen LogP contribution in [0.5, 0.6) is 11.5 Å². The van der Waals surface area contributed by atoms with Crippen LogP contribution in [0.25, 0.3) is 0 Å². The molecule has 1 aliphatic heterocycles. The van der Waals surface area contributed by atoms with Gasteiger partial charge in [0.1, 0.15) is 0 Å². The first-order chi connectivity index (χ1) is 8.62. The van der Waals surface area contributed by atoms with E-state index in [2.05, 4.69) is 0 Å². The van der Waals surface area contributed by atoms with Gasteiger partial charge in [-0.05, 0) is 6.92 Å². The standard InChI is InChI=1S/C13H18N2O3/c1-5-15-8-13(16)14(2)9-6-11(17-3)12(18-4)7-10(9)15/h6-7H,5,8H2,1-4H3. The second-order valence-corrected chi connectivity index (χ2v) is 4.16. The molecule has 1 aromatic carbocycles. The Morgan fingerprint density at radius 1 is 1.17 bits per heavy atom. The van der Waals surface area contributed by atoms with E-state index in [4.69, 9.17) is 9.47 Å².